The van der Waals surface area contributed by atoms with Crippen molar-refractivity contribution in [1.82, 2.24) is 45.3 Å². The van der Waals surface area contributed by atoms with Crippen LogP contribution in [0.1, 0.15) is 42.4 Å². The highest BCUT2D eigenvalue weighted by Gasteiger charge is 2.26. The number of sulfonamides is 2. The minimum Gasteiger partial charge on any atom is -0.487 e. The number of hydrogen-bond acceptors (Lipinski definition) is 15. The molecule has 4 aromatic heterocycles. The number of thiazole rings is 2. The van der Waals surface area contributed by atoms with Crippen molar-refractivity contribution in [1.29, 1.82) is 0 Å². The number of ether oxygens (including phenoxy) is 2. The number of hydrogen-bond donors (Lipinski definition) is 3. The Morgan fingerprint density at radius 3 is 1.97 bits per heavy atom. The summed E-state index contributed by atoms with van der Waals surface area (Å²) in [6, 6.07) is 20.3. The fourth-order valence-corrected chi connectivity index (χ4v) is 9.84. The smallest absolute Gasteiger partial charge is 0.265 e. The average Bonchev–Trinajstić information content (AvgIpc) is 4.06. The van der Waals surface area contributed by atoms with Crippen molar-refractivity contribution in [3.05, 3.63) is 130 Å². The van der Waals surface area contributed by atoms with Crippen LogP contribution in [0.4, 0.5) is 8.78 Å². The first kappa shape index (κ1) is 46.2. The van der Waals surface area contributed by atoms with Crippen molar-refractivity contribution < 1.29 is 39.9 Å². The van der Waals surface area contributed by atoms with E-state index in [2.05, 4.69) is 51.8 Å². The molecule has 0 fully saturated rings. The summed E-state index contributed by atoms with van der Waals surface area (Å²) < 4.78 is 89.8. The van der Waals surface area contributed by atoms with Gasteiger partial charge in [0.1, 0.15) is 53.8 Å². The minimum absolute atomic E-state index is 0.0348. The summed E-state index contributed by atoms with van der Waals surface area (Å²) in [5, 5.41) is 29.2. The van der Waals surface area contributed by atoms with Crippen molar-refractivity contribution in [2.75, 3.05) is 0 Å². The summed E-state index contributed by atoms with van der Waals surface area (Å²) in [6.07, 6.45) is 3.39. The van der Waals surface area contributed by atoms with Crippen LogP contribution in [0, 0.1) is 17.6 Å². The lowest BCUT2D eigenvalue weighted by atomic mass is 10.0. The number of nitrogens with two attached hydrogens (primary N) is 2. The van der Waals surface area contributed by atoms with Crippen LogP contribution in [-0.2, 0) is 51.1 Å². The van der Waals surface area contributed by atoms with Crippen LogP contribution < -0.4 is 25.1 Å². The third-order valence-corrected chi connectivity index (χ3v) is 14.1. The van der Waals surface area contributed by atoms with Gasteiger partial charge in [0, 0.05) is 16.6 Å². The summed E-state index contributed by atoms with van der Waals surface area (Å²) >= 11 is 5.39. The molecule has 0 bridgehead atoms. The first-order valence-electron chi connectivity index (χ1n) is 18.8. The molecule has 0 saturated carbocycles. The van der Waals surface area contributed by atoms with Crippen molar-refractivity contribution in [2.45, 2.75) is 54.9 Å². The maximum absolute atomic E-state index is 13.9. The Kier molecular flexibility index (Phi) is 14.1. The van der Waals surface area contributed by atoms with Gasteiger partial charge in [-0.1, -0.05) is 52.3 Å². The van der Waals surface area contributed by atoms with Gasteiger partial charge in [0.15, 0.2) is 0 Å². The predicted molar refractivity (Wildman–Crippen MR) is 236 cm³/mol. The van der Waals surface area contributed by atoms with Crippen LogP contribution in [0.25, 0.3) is 20.4 Å². The zero-order chi connectivity index (χ0) is 45.8. The molecule has 0 radical (unpaired) electrons. The van der Waals surface area contributed by atoms with Gasteiger partial charge in [-0.25, -0.2) is 55.2 Å². The zero-order valence-corrected chi connectivity index (χ0v) is 38.4. The van der Waals surface area contributed by atoms with Gasteiger partial charge in [0.05, 0.1) is 39.4 Å². The Balaban J connectivity index is 0.000000197. The number of halogens is 3. The molecule has 4 aromatic carbocycles. The maximum Gasteiger partial charge on any atom is 0.265 e. The second-order valence-corrected chi connectivity index (χ2v) is 20.7. The van der Waals surface area contributed by atoms with Crippen LogP contribution in [0.15, 0.2) is 104 Å². The number of rotatable bonds is 15. The predicted octanol–water partition coefficient (Wildman–Crippen LogP) is 5.83. The van der Waals surface area contributed by atoms with Crippen molar-refractivity contribution in [3.8, 4) is 11.5 Å². The highest BCUT2D eigenvalue weighted by atomic mass is 79.9. The molecule has 334 valence electrons. The van der Waals surface area contributed by atoms with Gasteiger partial charge in [0.25, 0.3) is 20.0 Å². The van der Waals surface area contributed by atoms with Gasteiger partial charge >= 0.3 is 0 Å². The average molecular weight is 1020 g/mol. The van der Waals surface area contributed by atoms with Gasteiger partial charge in [0.2, 0.25) is 14.6 Å². The summed E-state index contributed by atoms with van der Waals surface area (Å²) in [5.41, 5.74) is 3.30. The Bertz CT molecular complexity index is 3200. The van der Waals surface area contributed by atoms with E-state index in [9.17, 15) is 30.4 Å². The van der Waals surface area contributed by atoms with E-state index in [1.54, 1.807) is 47.3 Å². The number of fused-ring (bicyclic) bond motifs is 2. The lowest BCUT2D eigenvalue weighted by Gasteiger charge is -2.20. The summed E-state index contributed by atoms with van der Waals surface area (Å²) in [7, 11) is -7.71. The van der Waals surface area contributed by atoms with Crippen LogP contribution in [0.3, 0.4) is 0 Å². The largest absolute Gasteiger partial charge is 0.487 e. The van der Waals surface area contributed by atoms with Gasteiger partial charge < -0.3 is 14.8 Å². The molecular weight excluding hydrogens is 981 g/mol. The number of benzene rings is 4. The van der Waals surface area contributed by atoms with Crippen molar-refractivity contribution in [3.63, 3.8) is 0 Å². The quantitative estimate of drug-likeness (QED) is 0.109. The first-order chi connectivity index (χ1) is 30.4. The molecule has 8 aromatic rings. The Hall–Kier alpha value is -5.83. The SMILES string of the molecule is CC(C)C(C(=O)NCc1cc(F)ccc1F)n1cc(COc2ccc3nc(S(N)(=O)=O)sc3c2)nn1.NS(=O)(=O)c1nc2ccc(OCc3cn(Cc4cccc(Br)c4)nn3)cc2s1. The molecular formula is C39H36BrF2N11O7S4. The molecule has 0 spiro atoms. The molecule has 1 unspecified atom stereocenters. The van der Waals surface area contributed by atoms with E-state index in [4.69, 9.17) is 19.8 Å². The number of nitrogens with one attached hydrogen (secondary N) is 1. The zero-order valence-electron chi connectivity index (χ0n) is 33.5. The van der Waals surface area contributed by atoms with E-state index in [1.165, 1.54) is 4.68 Å². The lowest BCUT2D eigenvalue weighted by Crippen LogP contribution is -2.35. The third kappa shape index (κ3) is 11.8. The van der Waals surface area contributed by atoms with E-state index in [0.717, 1.165) is 50.9 Å². The van der Waals surface area contributed by atoms with E-state index in [0.29, 0.717) is 49.9 Å². The number of aromatic nitrogens is 8. The van der Waals surface area contributed by atoms with Gasteiger partial charge in [-0.15, -0.1) is 32.9 Å². The summed E-state index contributed by atoms with van der Waals surface area (Å²) in [5.74, 6) is -0.778. The normalized spacial score (nSPS) is 12.3. The molecule has 8 rings (SSSR count). The lowest BCUT2D eigenvalue weighted by molar-refractivity contribution is -0.126. The highest BCUT2D eigenvalue weighted by molar-refractivity contribution is 9.10. The molecule has 4 heterocycles. The molecule has 64 heavy (non-hydrogen) atoms. The Labute approximate surface area is 380 Å². The number of carbonyl (C=O) groups excluding carboxylic acids is 1. The monoisotopic (exact) mass is 1020 g/mol. The highest BCUT2D eigenvalue weighted by Crippen LogP contribution is 2.30. The van der Waals surface area contributed by atoms with E-state index >= 15 is 0 Å². The minimum atomic E-state index is -3.90. The summed E-state index contributed by atoms with van der Waals surface area (Å²) in [4.78, 5) is 20.8. The van der Waals surface area contributed by atoms with Crippen LogP contribution >= 0.6 is 38.6 Å². The maximum atomic E-state index is 13.9. The van der Waals surface area contributed by atoms with Crippen molar-refractivity contribution >= 4 is 85.0 Å². The Morgan fingerprint density at radius 2 is 1.39 bits per heavy atom. The van der Waals surface area contributed by atoms with Gasteiger partial charge in [-0.3, -0.25) is 4.79 Å². The Morgan fingerprint density at radius 1 is 0.797 bits per heavy atom. The molecule has 1 atom stereocenters. The van der Waals surface area contributed by atoms with Crippen molar-refractivity contribution in [2.24, 2.45) is 16.2 Å². The van der Waals surface area contributed by atoms with Crippen LogP contribution in [0.2, 0.25) is 0 Å². The molecule has 25 heteroatoms. The van der Waals surface area contributed by atoms with E-state index in [-0.39, 0.29) is 39.9 Å². The van der Waals surface area contributed by atoms with Crippen LogP contribution in [-0.4, -0.2) is 62.7 Å². The molecule has 0 saturated heterocycles. The van der Waals surface area contributed by atoms with E-state index in [1.807, 2.05) is 44.3 Å². The molecule has 0 aliphatic carbocycles. The molecule has 5 N–H and O–H groups in total. The molecule has 18 nitrogen and oxygen atoms in total. The number of amides is 1. The fourth-order valence-electron chi connectivity index (χ4n) is 6.02. The second-order valence-electron chi connectivity index (χ2n) is 14.3. The second kappa shape index (κ2) is 19.5. The summed E-state index contributed by atoms with van der Waals surface area (Å²) in [6.45, 7) is 4.35. The topological polar surface area (TPSA) is 255 Å². The molecule has 0 aliphatic heterocycles. The van der Waals surface area contributed by atoms with Gasteiger partial charge in [-0.2, -0.15) is 0 Å². The number of nitrogens with zero attached hydrogens (tertiary/aromatic N) is 8. The molecule has 0 aliphatic rings. The standard InChI is InChI=1S/C22H22F2N6O4S2.C17H14BrN5O3S2/c1-12(2)20(21(31)26-9-13-7-14(23)3-5-17(13)24)30-10-15(28-29-30)11-34-16-4-6-18-19(8-16)35-22(27-18)36(25,32)33;18-12-3-1-2-11(6-12)8-23-9-13(21-22-23)10-26-14-4-5-15-16(7-14)27-17(20-15)28(19,24)25/h3-8,10,12,20H,9,11H2,1-2H3,(H,26,31)(H2,25,32,33);1-7,9H,8,10H2,(H2,19,24,25). The first-order valence-corrected chi connectivity index (χ1v) is 24.3. The number of carbonyl (C=O) groups is 1. The van der Waals surface area contributed by atoms with E-state index < -0.39 is 43.6 Å². The van der Waals surface area contributed by atoms with Crippen LogP contribution in [0.5, 0.6) is 11.5 Å². The van der Waals surface area contributed by atoms with Gasteiger partial charge in [-0.05, 0) is 78.2 Å². The fraction of sp³-hybridized carbons (Fsp3) is 0.205. The third-order valence-electron chi connectivity index (χ3n) is 8.96. The number of primary sulfonamides is 2. The molecule has 1 amide bonds.